The van der Waals surface area contributed by atoms with Crippen LogP contribution in [0.3, 0.4) is 0 Å². The molecule has 0 saturated heterocycles. The molecule has 0 spiro atoms. The maximum Gasteiger partial charge on any atom is 0.416 e. The molecule has 0 aliphatic rings. The molecule has 31 heavy (non-hydrogen) atoms. The number of nitrogens with one attached hydrogen (secondary N) is 1. The number of rotatable bonds is 5. The summed E-state index contributed by atoms with van der Waals surface area (Å²) >= 11 is 0.843. The summed E-state index contributed by atoms with van der Waals surface area (Å²) < 4.78 is 74.6. The third-order valence-corrected chi connectivity index (χ3v) is 5.73. The molecule has 12 heteroatoms. The minimum Gasteiger partial charge on any atom is -0.456 e. The summed E-state index contributed by atoms with van der Waals surface area (Å²) in [5.41, 5.74) is -0.727. The van der Waals surface area contributed by atoms with Crippen LogP contribution in [0, 0.1) is 18.3 Å². The predicted octanol–water partition coefficient (Wildman–Crippen LogP) is 5.36. The average Bonchev–Trinajstić information content (AvgIpc) is 3.22. The molecule has 0 atom stereocenters. The molecule has 0 amide bonds. The molecule has 1 N–H and O–H groups in total. The van der Waals surface area contributed by atoms with Crippen LogP contribution in [0.4, 0.5) is 18.3 Å². The quantitative estimate of drug-likeness (QED) is 0.538. The number of aryl methyl sites for hydroxylation is 1. The second-order valence-electron chi connectivity index (χ2n) is 5.70. The molecule has 0 radical (unpaired) electrons. The van der Waals surface area contributed by atoms with E-state index < -0.39 is 21.8 Å². The average molecular weight is 470 g/mol. The van der Waals surface area contributed by atoms with Gasteiger partial charge in [-0.3, -0.25) is 4.72 Å². The second-order valence-corrected chi connectivity index (χ2v) is 8.16. The minimum atomic E-state index is -4.49. The summed E-state index contributed by atoms with van der Waals surface area (Å²) in [4.78, 5) is 3.52. The number of nitriles is 1. The van der Waals surface area contributed by atoms with Crippen molar-refractivity contribution in [3.63, 3.8) is 0 Å². The first-order valence-corrected chi connectivity index (χ1v) is 11.0. The van der Waals surface area contributed by atoms with E-state index in [0.717, 1.165) is 35.8 Å². The molecule has 3 aromatic rings. The van der Waals surface area contributed by atoms with Crippen LogP contribution in [0.1, 0.15) is 30.5 Å². The Morgan fingerprint density at radius 1 is 1.13 bits per heavy atom. The zero-order chi connectivity index (χ0) is 23.2. The predicted molar refractivity (Wildman–Crippen MR) is 109 cm³/mol. The Kier molecular flexibility index (Phi) is 7.59. The van der Waals surface area contributed by atoms with Crippen LogP contribution in [0.15, 0.2) is 47.6 Å². The van der Waals surface area contributed by atoms with Gasteiger partial charge in [0.2, 0.25) is 5.13 Å². The monoisotopic (exact) mass is 470 g/mol. The number of aromatic nitrogens is 2. The molecule has 0 saturated carbocycles. The molecular weight excluding hydrogens is 453 g/mol. The Morgan fingerprint density at radius 2 is 1.81 bits per heavy atom. The van der Waals surface area contributed by atoms with Crippen molar-refractivity contribution in [1.29, 1.82) is 5.26 Å². The lowest BCUT2D eigenvalue weighted by Crippen LogP contribution is -2.13. The number of anilines is 1. The molecule has 0 unspecified atom stereocenters. The maximum absolute atomic E-state index is 12.8. The lowest BCUT2D eigenvalue weighted by molar-refractivity contribution is -0.137. The molecule has 1 aromatic heterocycles. The van der Waals surface area contributed by atoms with Gasteiger partial charge in [0.05, 0.1) is 16.0 Å². The number of nitrogens with zero attached hydrogens (tertiary/aromatic N) is 3. The Morgan fingerprint density at radius 3 is 2.35 bits per heavy atom. The van der Waals surface area contributed by atoms with Crippen LogP contribution in [0.5, 0.6) is 11.5 Å². The summed E-state index contributed by atoms with van der Waals surface area (Å²) in [7, 11) is -4.01. The highest BCUT2D eigenvalue weighted by Gasteiger charge is 2.30. The van der Waals surface area contributed by atoms with E-state index in [1.807, 2.05) is 19.9 Å². The van der Waals surface area contributed by atoms with Gasteiger partial charge in [-0.1, -0.05) is 13.8 Å². The van der Waals surface area contributed by atoms with Crippen molar-refractivity contribution >= 4 is 26.7 Å². The van der Waals surface area contributed by atoms with Crippen molar-refractivity contribution in [3.05, 3.63) is 59.4 Å². The van der Waals surface area contributed by atoms with Crippen LogP contribution in [0.25, 0.3) is 0 Å². The number of hydrogen-bond acceptors (Lipinski definition) is 7. The fraction of sp³-hybridized carbons (Fsp3) is 0.211. The van der Waals surface area contributed by atoms with Gasteiger partial charge >= 0.3 is 6.18 Å². The fourth-order valence-electron chi connectivity index (χ4n) is 2.30. The number of ether oxygens (including phenoxy) is 1. The summed E-state index contributed by atoms with van der Waals surface area (Å²) in [6.07, 6.45) is -3.30. The van der Waals surface area contributed by atoms with Gasteiger partial charge in [-0.05, 0) is 48.9 Å². The summed E-state index contributed by atoms with van der Waals surface area (Å²) in [5, 5.41) is 9.41. The van der Waals surface area contributed by atoms with Gasteiger partial charge in [-0.15, -0.1) is 0 Å². The molecular formula is C19H17F3N4O3S2. The zero-order valence-electron chi connectivity index (χ0n) is 16.6. The number of sulfonamides is 1. The Labute approximate surface area is 181 Å². The third-order valence-electron chi connectivity index (χ3n) is 3.69. The Bertz CT molecular complexity index is 1190. The van der Waals surface area contributed by atoms with E-state index in [4.69, 9.17) is 4.74 Å². The van der Waals surface area contributed by atoms with Crippen LogP contribution in [-0.4, -0.2) is 17.8 Å². The number of alkyl halides is 3. The van der Waals surface area contributed by atoms with Crippen LogP contribution in [0.2, 0.25) is 0 Å². The standard InChI is InChI=1S/C17H11F3N4O3S2.C2H6/c1-10-6-12(17(18,19)20)2-4-14(10)27-15-5-3-13(7-11(15)8-21)29(25,26)24-16-22-9-23-28-16;1-2/h2-7,9H,1H3,(H,22,23,24);1-2H3. The van der Waals surface area contributed by atoms with E-state index in [9.17, 15) is 26.9 Å². The van der Waals surface area contributed by atoms with Crippen LogP contribution in [-0.2, 0) is 16.2 Å². The van der Waals surface area contributed by atoms with Crippen molar-refractivity contribution in [1.82, 2.24) is 9.36 Å². The zero-order valence-corrected chi connectivity index (χ0v) is 18.2. The SMILES string of the molecule is CC.Cc1cc(C(F)(F)F)ccc1Oc1ccc(S(=O)(=O)Nc2ncns2)cc1C#N. The molecule has 0 fully saturated rings. The maximum atomic E-state index is 12.8. The molecule has 7 nitrogen and oxygen atoms in total. The van der Waals surface area contributed by atoms with E-state index >= 15 is 0 Å². The lowest BCUT2D eigenvalue weighted by Gasteiger charge is -2.13. The molecule has 0 bridgehead atoms. The van der Waals surface area contributed by atoms with E-state index in [1.54, 1.807) is 0 Å². The van der Waals surface area contributed by atoms with E-state index in [2.05, 4.69) is 14.1 Å². The van der Waals surface area contributed by atoms with Crippen molar-refractivity contribution in [2.24, 2.45) is 0 Å². The molecule has 3 rings (SSSR count). The largest absolute Gasteiger partial charge is 0.456 e. The number of halogens is 3. The first-order chi connectivity index (χ1) is 14.6. The van der Waals surface area contributed by atoms with Gasteiger partial charge in [-0.25, -0.2) is 13.4 Å². The van der Waals surface area contributed by atoms with E-state index in [-0.39, 0.29) is 32.7 Å². The Balaban J connectivity index is 0.00000166. The van der Waals surface area contributed by atoms with Gasteiger partial charge in [-0.2, -0.15) is 22.8 Å². The highest BCUT2D eigenvalue weighted by Crippen LogP contribution is 2.35. The van der Waals surface area contributed by atoms with Gasteiger partial charge in [0.15, 0.2) is 0 Å². The van der Waals surface area contributed by atoms with Gasteiger partial charge in [0.1, 0.15) is 23.9 Å². The van der Waals surface area contributed by atoms with Gasteiger partial charge in [0.25, 0.3) is 10.0 Å². The highest BCUT2D eigenvalue weighted by atomic mass is 32.2. The first-order valence-electron chi connectivity index (χ1n) is 8.79. The van der Waals surface area contributed by atoms with E-state index in [1.165, 1.54) is 25.4 Å². The van der Waals surface area contributed by atoms with Crippen LogP contribution < -0.4 is 9.46 Å². The number of benzene rings is 2. The molecule has 1 heterocycles. The smallest absolute Gasteiger partial charge is 0.416 e. The molecule has 0 aliphatic carbocycles. The summed E-state index contributed by atoms with van der Waals surface area (Å²) in [5.74, 6) is 0.113. The topological polar surface area (TPSA) is 105 Å². The van der Waals surface area contributed by atoms with Crippen molar-refractivity contribution in [2.75, 3.05) is 4.72 Å². The van der Waals surface area contributed by atoms with Gasteiger partial charge < -0.3 is 4.74 Å². The van der Waals surface area contributed by atoms with Crippen LogP contribution >= 0.6 is 11.5 Å². The summed E-state index contributed by atoms with van der Waals surface area (Å²) in [6.45, 7) is 5.43. The van der Waals surface area contributed by atoms with Crippen molar-refractivity contribution in [3.8, 4) is 17.6 Å². The summed E-state index contributed by atoms with van der Waals surface area (Å²) in [6, 6.07) is 8.30. The number of hydrogen-bond donors (Lipinski definition) is 1. The normalized spacial score (nSPS) is 11.1. The third kappa shape index (κ3) is 5.93. The first kappa shape index (κ1) is 24.1. The lowest BCUT2D eigenvalue weighted by atomic mass is 10.1. The minimum absolute atomic E-state index is 0.00484. The van der Waals surface area contributed by atoms with Crippen molar-refractivity contribution in [2.45, 2.75) is 31.8 Å². The van der Waals surface area contributed by atoms with Gasteiger partial charge in [0, 0.05) is 11.5 Å². The van der Waals surface area contributed by atoms with E-state index in [0.29, 0.717) is 0 Å². The van der Waals surface area contributed by atoms with Crippen molar-refractivity contribution < 1.29 is 26.3 Å². The molecule has 164 valence electrons. The Hall–Kier alpha value is -3.17. The second kappa shape index (κ2) is 9.76. The molecule has 0 aliphatic heterocycles. The fourth-order valence-corrected chi connectivity index (χ4v) is 3.99. The molecule has 2 aromatic carbocycles. The highest BCUT2D eigenvalue weighted by molar-refractivity contribution is 7.93.